The van der Waals surface area contributed by atoms with Gasteiger partial charge in [0, 0.05) is 0 Å². The van der Waals surface area contributed by atoms with Crippen molar-refractivity contribution in [3.8, 4) is 5.75 Å². The summed E-state index contributed by atoms with van der Waals surface area (Å²) in [4.78, 5) is 17.8. The largest absolute Gasteiger partial charge is 0.524 e. The molecule has 120 valence electrons. The van der Waals surface area contributed by atoms with E-state index in [2.05, 4.69) is 13.8 Å². The maximum Gasteiger partial charge on any atom is 0.524 e. The van der Waals surface area contributed by atoms with Gasteiger partial charge in [0.25, 0.3) is 0 Å². The van der Waals surface area contributed by atoms with E-state index in [4.69, 9.17) is 14.3 Å². The molecule has 0 saturated carbocycles. The minimum absolute atomic E-state index is 0.297. The lowest BCUT2D eigenvalue weighted by atomic mass is 10.0. The van der Waals surface area contributed by atoms with Crippen LogP contribution in [0.4, 0.5) is 0 Å². The maximum atomic E-state index is 10.9. The van der Waals surface area contributed by atoms with Crippen molar-refractivity contribution in [2.75, 3.05) is 0 Å². The van der Waals surface area contributed by atoms with Crippen LogP contribution in [0.5, 0.6) is 5.75 Å². The average molecular weight is 314 g/mol. The van der Waals surface area contributed by atoms with Crippen LogP contribution in [0.3, 0.4) is 0 Å². The van der Waals surface area contributed by atoms with Gasteiger partial charge in [0.1, 0.15) is 5.75 Å². The van der Waals surface area contributed by atoms with Crippen LogP contribution in [0.15, 0.2) is 24.3 Å². The summed E-state index contributed by atoms with van der Waals surface area (Å²) in [5.41, 5.74) is 0.864. The molecule has 0 saturated heterocycles. The Balaban J connectivity index is 2.30. The Hall–Kier alpha value is -0.830. The summed E-state index contributed by atoms with van der Waals surface area (Å²) in [6.07, 6.45) is 8.01. The zero-order chi connectivity index (χ0) is 15.7. The van der Waals surface area contributed by atoms with E-state index >= 15 is 0 Å². The lowest BCUT2D eigenvalue weighted by molar-refractivity contribution is 0.282. The number of unbranched alkanes of at least 4 members (excludes halogenated alkanes) is 4. The number of benzene rings is 1. The van der Waals surface area contributed by atoms with Crippen LogP contribution in [0.25, 0.3) is 0 Å². The van der Waals surface area contributed by atoms with Gasteiger partial charge < -0.3 is 4.52 Å². The van der Waals surface area contributed by atoms with Gasteiger partial charge in [-0.25, -0.2) is 4.57 Å². The van der Waals surface area contributed by atoms with Crippen LogP contribution in [0, 0.1) is 5.92 Å². The van der Waals surface area contributed by atoms with Crippen LogP contribution in [0.1, 0.15) is 57.9 Å². The van der Waals surface area contributed by atoms with E-state index in [1.54, 1.807) is 12.1 Å². The molecule has 4 nitrogen and oxygen atoms in total. The second-order valence-corrected chi connectivity index (χ2v) is 7.05. The predicted molar refractivity (Wildman–Crippen MR) is 85.4 cm³/mol. The number of hydrogen-bond donors (Lipinski definition) is 2. The Labute approximate surface area is 127 Å². The van der Waals surface area contributed by atoms with Crippen molar-refractivity contribution < 1.29 is 18.9 Å². The third-order valence-electron chi connectivity index (χ3n) is 3.42. The number of phosphoric acid groups is 1. The first-order valence-corrected chi connectivity index (χ1v) is 9.24. The topological polar surface area (TPSA) is 66.8 Å². The summed E-state index contributed by atoms with van der Waals surface area (Å²) in [6, 6.07) is 7.06. The van der Waals surface area contributed by atoms with Crippen molar-refractivity contribution in [3.05, 3.63) is 29.8 Å². The smallest absolute Gasteiger partial charge is 0.404 e. The van der Waals surface area contributed by atoms with Gasteiger partial charge in [0.05, 0.1) is 0 Å². The van der Waals surface area contributed by atoms with Crippen LogP contribution in [-0.2, 0) is 11.0 Å². The normalized spacial score (nSPS) is 11.9. The van der Waals surface area contributed by atoms with Gasteiger partial charge in [-0.2, -0.15) is 0 Å². The van der Waals surface area contributed by atoms with Crippen molar-refractivity contribution in [1.82, 2.24) is 0 Å². The van der Waals surface area contributed by atoms with Gasteiger partial charge in [-0.15, -0.1) is 0 Å². The summed E-state index contributed by atoms with van der Waals surface area (Å²) in [5, 5.41) is 0. The lowest BCUT2D eigenvalue weighted by Gasteiger charge is -2.11. The minimum atomic E-state index is -4.48. The van der Waals surface area contributed by atoms with E-state index in [9.17, 15) is 4.57 Å². The van der Waals surface area contributed by atoms with E-state index in [0.717, 1.165) is 30.7 Å². The molecule has 0 atom stereocenters. The van der Waals surface area contributed by atoms with Crippen molar-refractivity contribution in [3.63, 3.8) is 0 Å². The Morgan fingerprint density at radius 1 is 1.05 bits per heavy atom. The summed E-state index contributed by atoms with van der Waals surface area (Å²) < 4.78 is 15.6. The molecule has 0 aliphatic rings. The molecular formula is C16H27O4P. The second kappa shape index (κ2) is 9.24. The van der Waals surface area contributed by atoms with Gasteiger partial charge in [-0.3, -0.25) is 9.79 Å². The molecule has 0 radical (unpaired) electrons. The molecule has 1 aromatic carbocycles. The van der Waals surface area contributed by atoms with Crippen LogP contribution >= 0.6 is 7.82 Å². The van der Waals surface area contributed by atoms with Crippen LogP contribution in [-0.4, -0.2) is 9.79 Å². The fraction of sp³-hybridized carbons (Fsp3) is 0.625. The van der Waals surface area contributed by atoms with E-state index in [1.165, 1.54) is 25.7 Å². The quantitative estimate of drug-likeness (QED) is 0.485. The molecule has 1 rings (SSSR count). The Morgan fingerprint density at radius 3 is 2.33 bits per heavy atom. The Bertz CT molecular complexity index is 453. The standard InChI is InChI=1S/C16H27O4P/c1-14(2)10-6-4-3-5-7-11-15-12-8-9-13-16(15)20-21(17,18)19/h8-9,12-14H,3-7,10-11H2,1-2H3,(H2,17,18,19). The first-order chi connectivity index (χ1) is 9.88. The van der Waals surface area contributed by atoms with Crippen molar-refractivity contribution in [1.29, 1.82) is 0 Å². The number of rotatable bonds is 10. The molecular weight excluding hydrogens is 287 g/mol. The number of aryl methyl sites for hydroxylation is 1. The SMILES string of the molecule is CC(C)CCCCCCCc1ccccc1OP(=O)(O)O. The van der Waals surface area contributed by atoms with Gasteiger partial charge >= 0.3 is 7.82 Å². The van der Waals surface area contributed by atoms with E-state index < -0.39 is 7.82 Å². The zero-order valence-corrected chi connectivity index (χ0v) is 13.9. The van der Waals surface area contributed by atoms with E-state index in [1.807, 2.05) is 12.1 Å². The van der Waals surface area contributed by atoms with Crippen LogP contribution < -0.4 is 4.52 Å². The molecule has 0 fully saturated rings. The lowest BCUT2D eigenvalue weighted by Crippen LogP contribution is -1.95. The highest BCUT2D eigenvalue weighted by Gasteiger charge is 2.17. The fourth-order valence-corrected chi connectivity index (χ4v) is 2.76. The van der Waals surface area contributed by atoms with Gasteiger partial charge in [0.15, 0.2) is 0 Å². The van der Waals surface area contributed by atoms with Crippen molar-refractivity contribution >= 4 is 7.82 Å². The minimum Gasteiger partial charge on any atom is -0.404 e. The molecule has 0 unspecified atom stereocenters. The van der Waals surface area contributed by atoms with E-state index in [-0.39, 0.29) is 0 Å². The van der Waals surface area contributed by atoms with Gasteiger partial charge in [-0.1, -0.05) is 64.2 Å². The third kappa shape index (κ3) is 8.92. The monoisotopic (exact) mass is 314 g/mol. The molecule has 0 heterocycles. The second-order valence-electron chi connectivity index (χ2n) is 5.89. The van der Waals surface area contributed by atoms with Crippen molar-refractivity contribution in [2.45, 2.75) is 58.8 Å². The summed E-state index contributed by atoms with van der Waals surface area (Å²) in [6.45, 7) is 4.50. The molecule has 0 aromatic heterocycles. The molecule has 2 N–H and O–H groups in total. The first kappa shape index (κ1) is 18.2. The zero-order valence-electron chi connectivity index (χ0n) is 13.0. The number of phosphoric ester groups is 1. The molecule has 21 heavy (non-hydrogen) atoms. The van der Waals surface area contributed by atoms with Crippen LogP contribution in [0.2, 0.25) is 0 Å². The highest BCUT2D eigenvalue weighted by molar-refractivity contribution is 7.46. The molecule has 0 aliphatic heterocycles. The third-order valence-corrected chi connectivity index (χ3v) is 3.85. The predicted octanol–water partition coefficient (Wildman–Crippen LogP) is 4.70. The maximum absolute atomic E-state index is 10.9. The molecule has 0 spiro atoms. The Kier molecular flexibility index (Phi) is 8.02. The summed E-state index contributed by atoms with van der Waals surface area (Å²) >= 11 is 0. The highest BCUT2D eigenvalue weighted by Crippen LogP contribution is 2.39. The number of hydrogen-bond acceptors (Lipinski definition) is 2. The highest BCUT2D eigenvalue weighted by atomic mass is 31.2. The molecule has 0 aliphatic carbocycles. The van der Waals surface area contributed by atoms with Gasteiger partial charge in [0.2, 0.25) is 0 Å². The fourth-order valence-electron chi connectivity index (χ4n) is 2.33. The average Bonchev–Trinajstić information content (AvgIpc) is 2.37. The van der Waals surface area contributed by atoms with E-state index in [0.29, 0.717) is 5.75 Å². The molecule has 0 amide bonds. The van der Waals surface area contributed by atoms with Crippen molar-refractivity contribution in [2.24, 2.45) is 5.92 Å². The molecule has 0 bridgehead atoms. The molecule has 1 aromatic rings. The molecule has 5 heteroatoms. The number of para-hydroxylation sites is 1. The summed E-state index contributed by atoms with van der Waals surface area (Å²) in [7, 11) is -4.48. The first-order valence-electron chi connectivity index (χ1n) is 7.71. The summed E-state index contributed by atoms with van der Waals surface area (Å²) in [5.74, 6) is 1.08. The Morgan fingerprint density at radius 2 is 1.67 bits per heavy atom. The van der Waals surface area contributed by atoms with Gasteiger partial charge in [-0.05, 0) is 30.4 Å².